The van der Waals surface area contributed by atoms with E-state index < -0.39 is 5.91 Å². The van der Waals surface area contributed by atoms with Gasteiger partial charge >= 0.3 is 0 Å². The summed E-state index contributed by atoms with van der Waals surface area (Å²) in [6.07, 6.45) is 1.46. The Morgan fingerprint density at radius 2 is 1.83 bits per heavy atom. The number of primary amides is 1. The van der Waals surface area contributed by atoms with Crippen molar-refractivity contribution >= 4 is 34.5 Å². The van der Waals surface area contributed by atoms with Crippen molar-refractivity contribution in [1.82, 2.24) is 9.97 Å². The van der Waals surface area contributed by atoms with Gasteiger partial charge in [-0.15, -0.1) is 11.3 Å². The van der Waals surface area contributed by atoms with Crippen LogP contribution in [0.3, 0.4) is 0 Å². The number of nitrogens with zero attached hydrogens (tertiary/aromatic N) is 2. The number of benzene rings is 1. The summed E-state index contributed by atoms with van der Waals surface area (Å²) in [6, 6.07) is 12.3. The van der Waals surface area contributed by atoms with Crippen LogP contribution < -0.4 is 11.1 Å². The molecule has 24 heavy (non-hydrogen) atoms. The van der Waals surface area contributed by atoms with E-state index in [0.717, 1.165) is 16.3 Å². The van der Waals surface area contributed by atoms with E-state index in [-0.39, 0.29) is 5.78 Å². The van der Waals surface area contributed by atoms with Gasteiger partial charge in [0, 0.05) is 17.3 Å². The molecule has 2 heterocycles. The van der Waals surface area contributed by atoms with Gasteiger partial charge in [-0.25, -0.2) is 9.97 Å². The molecule has 0 atom stereocenters. The van der Waals surface area contributed by atoms with Crippen molar-refractivity contribution in [2.75, 3.05) is 5.32 Å². The first-order valence-electron chi connectivity index (χ1n) is 7.13. The second-order valence-electron chi connectivity index (χ2n) is 5.08. The predicted molar refractivity (Wildman–Crippen MR) is 93.6 cm³/mol. The zero-order valence-corrected chi connectivity index (χ0v) is 13.6. The number of amides is 1. The predicted octanol–water partition coefficient (Wildman–Crippen LogP) is 3.25. The number of hydrogen-bond acceptors (Lipinski definition) is 6. The Bertz CT molecular complexity index is 903. The minimum atomic E-state index is -0.468. The summed E-state index contributed by atoms with van der Waals surface area (Å²) in [4.78, 5) is 32.5. The zero-order valence-electron chi connectivity index (χ0n) is 12.8. The Labute approximate surface area is 142 Å². The number of thiophene rings is 1. The van der Waals surface area contributed by atoms with Crippen LogP contribution in [0.2, 0.25) is 0 Å². The number of Topliss-reactive ketones (excluding diaryl/α,β-unsaturated/α-hetero) is 1. The lowest BCUT2D eigenvalue weighted by Crippen LogP contribution is -2.10. The maximum atomic E-state index is 11.4. The molecule has 0 saturated heterocycles. The number of hydrogen-bond donors (Lipinski definition) is 2. The number of carbonyl (C=O) groups is 2. The van der Waals surface area contributed by atoms with E-state index in [2.05, 4.69) is 15.3 Å². The standard InChI is InChI=1S/C17H14N4O2S/c1-10(22)14-6-7-15(24-14)13-8-16(20-9-19-13)21-12-4-2-11(3-5-12)17(18)23/h2-9H,1H3,(H2,18,23)(H,19,20,21). The summed E-state index contributed by atoms with van der Waals surface area (Å²) < 4.78 is 0. The Morgan fingerprint density at radius 1 is 1.08 bits per heavy atom. The molecule has 0 aliphatic carbocycles. The van der Waals surface area contributed by atoms with Gasteiger partial charge in [0.05, 0.1) is 15.4 Å². The SMILES string of the molecule is CC(=O)c1ccc(-c2cc(Nc3ccc(C(N)=O)cc3)ncn2)s1. The van der Waals surface area contributed by atoms with Gasteiger partial charge < -0.3 is 11.1 Å². The van der Waals surface area contributed by atoms with E-state index in [0.29, 0.717) is 16.3 Å². The van der Waals surface area contributed by atoms with E-state index in [1.807, 2.05) is 6.07 Å². The largest absolute Gasteiger partial charge is 0.366 e. The fourth-order valence-corrected chi connectivity index (χ4v) is 2.96. The van der Waals surface area contributed by atoms with E-state index in [1.165, 1.54) is 17.7 Å². The fraction of sp³-hybridized carbons (Fsp3) is 0.0588. The Hall–Kier alpha value is -3.06. The molecule has 0 spiro atoms. The Balaban J connectivity index is 1.82. The number of nitrogens with one attached hydrogen (secondary N) is 1. The van der Waals surface area contributed by atoms with E-state index in [1.54, 1.807) is 43.3 Å². The number of rotatable bonds is 5. The molecule has 7 heteroatoms. The fourth-order valence-electron chi connectivity index (χ4n) is 2.09. The number of aromatic nitrogens is 2. The summed E-state index contributed by atoms with van der Waals surface area (Å²) in [6.45, 7) is 1.54. The Morgan fingerprint density at radius 3 is 2.46 bits per heavy atom. The molecular weight excluding hydrogens is 324 g/mol. The van der Waals surface area contributed by atoms with Gasteiger partial charge in [-0.05, 0) is 43.3 Å². The molecule has 3 rings (SSSR count). The van der Waals surface area contributed by atoms with Crippen molar-refractivity contribution in [2.24, 2.45) is 5.73 Å². The molecule has 0 aliphatic heterocycles. The molecule has 6 nitrogen and oxygen atoms in total. The molecule has 0 bridgehead atoms. The van der Waals surface area contributed by atoms with Crippen LogP contribution in [0.1, 0.15) is 27.0 Å². The molecule has 0 fully saturated rings. The van der Waals surface area contributed by atoms with Gasteiger partial charge in [0.1, 0.15) is 12.1 Å². The van der Waals surface area contributed by atoms with E-state index >= 15 is 0 Å². The lowest BCUT2D eigenvalue weighted by molar-refractivity contribution is 0.0997. The summed E-state index contributed by atoms with van der Waals surface area (Å²) in [5, 5.41) is 3.14. The molecule has 120 valence electrons. The summed E-state index contributed by atoms with van der Waals surface area (Å²) >= 11 is 1.40. The van der Waals surface area contributed by atoms with Gasteiger partial charge in [0.15, 0.2) is 5.78 Å². The third-order valence-electron chi connectivity index (χ3n) is 3.31. The highest BCUT2D eigenvalue weighted by atomic mass is 32.1. The van der Waals surface area contributed by atoms with Crippen LogP contribution in [-0.4, -0.2) is 21.7 Å². The van der Waals surface area contributed by atoms with Gasteiger partial charge in [0.2, 0.25) is 5.91 Å². The van der Waals surface area contributed by atoms with Crippen molar-refractivity contribution in [1.29, 1.82) is 0 Å². The van der Waals surface area contributed by atoms with Crippen molar-refractivity contribution in [3.05, 3.63) is 59.2 Å². The number of nitrogens with two attached hydrogens (primary N) is 1. The van der Waals surface area contributed by atoms with Crippen LogP contribution in [0.25, 0.3) is 10.6 Å². The van der Waals surface area contributed by atoms with Crippen LogP contribution in [0.4, 0.5) is 11.5 Å². The highest BCUT2D eigenvalue weighted by molar-refractivity contribution is 7.17. The first kappa shape index (κ1) is 15.8. The van der Waals surface area contributed by atoms with Crippen molar-refractivity contribution in [3.8, 4) is 10.6 Å². The molecule has 1 aromatic carbocycles. The topological polar surface area (TPSA) is 98.0 Å². The zero-order chi connectivity index (χ0) is 17.1. The van der Waals surface area contributed by atoms with Gasteiger partial charge in [-0.3, -0.25) is 9.59 Å². The molecule has 3 N–H and O–H groups in total. The first-order chi connectivity index (χ1) is 11.5. The summed E-state index contributed by atoms with van der Waals surface area (Å²) in [5.74, 6) is 0.183. The van der Waals surface area contributed by atoms with Gasteiger partial charge in [-0.2, -0.15) is 0 Å². The average molecular weight is 338 g/mol. The highest BCUT2D eigenvalue weighted by Gasteiger charge is 2.08. The van der Waals surface area contributed by atoms with Crippen molar-refractivity contribution < 1.29 is 9.59 Å². The molecule has 3 aromatic rings. The van der Waals surface area contributed by atoms with E-state index in [9.17, 15) is 9.59 Å². The van der Waals surface area contributed by atoms with Crippen LogP contribution in [0, 0.1) is 0 Å². The monoisotopic (exact) mass is 338 g/mol. The van der Waals surface area contributed by atoms with Crippen molar-refractivity contribution in [2.45, 2.75) is 6.92 Å². The highest BCUT2D eigenvalue weighted by Crippen LogP contribution is 2.28. The molecule has 0 aliphatic rings. The van der Waals surface area contributed by atoms with Crippen molar-refractivity contribution in [3.63, 3.8) is 0 Å². The molecule has 1 amide bonds. The van der Waals surface area contributed by atoms with Crippen LogP contribution in [0.5, 0.6) is 0 Å². The van der Waals surface area contributed by atoms with E-state index in [4.69, 9.17) is 5.73 Å². The van der Waals surface area contributed by atoms with Gasteiger partial charge in [-0.1, -0.05) is 0 Å². The number of carbonyl (C=O) groups excluding carboxylic acids is 2. The van der Waals surface area contributed by atoms with Crippen LogP contribution in [-0.2, 0) is 0 Å². The molecule has 0 unspecified atom stereocenters. The first-order valence-corrected chi connectivity index (χ1v) is 7.94. The average Bonchev–Trinajstić information content (AvgIpc) is 3.06. The lowest BCUT2D eigenvalue weighted by atomic mass is 10.2. The minimum Gasteiger partial charge on any atom is -0.366 e. The minimum absolute atomic E-state index is 0.0354. The Kier molecular flexibility index (Phi) is 4.35. The maximum Gasteiger partial charge on any atom is 0.248 e. The third kappa shape index (κ3) is 3.47. The molecular formula is C17H14N4O2S. The molecule has 0 saturated carbocycles. The summed E-state index contributed by atoms with van der Waals surface area (Å²) in [5.41, 5.74) is 7.18. The number of anilines is 2. The van der Waals surface area contributed by atoms with Crippen LogP contribution >= 0.6 is 11.3 Å². The number of ketones is 1. The molecule has 0 radical (unpaired) electrons. The second kappa shape index (κ2) is 6.59. The maximum absolute atomic E-state index is 11.4. The van der Waals surface area contributed by atoms with Gasteiger partial charge in [0.25, 0.3) is 0 Å². The van der Waals surface area contributed by atoms with Crippen LogP contribution in [0.15, 0.2) is 48.8 Å². The smallest absolute Gasteiger partial charge is 0.248 e. The quantitative estimate of drug-likeness (QED) is 0.696. The second-order valence-corrected chi connectivity index (χ2v) is 6.16. The molecule has 2 aromatic heterocycles. The lowest BCUT2D eigenvalue weighted by Gasteiger charge is -2.06. The normalized spacial score (nSPS) is 10.4. The third-order valence-corrected chi connectivity index (χ3v) is 4.52. The summed E-state index contributed by atoms with van der Waals surface area (Å²) in [7, 11) is 0.